The number of fused-ring (bicyclic) bond motifs is 1. The number of nitrogens with one attached hydrogen (secondary N) is 1. The number of piperidine rings is 1. The molecule has 0 aliphatic carbocycles. The van der Waals surface area contributed by atoms with Crippen molar-refractivity contribution >= 4 is 43.5 Å². The van der Waals surface area contributed by atoms with Crippen LogP contribution in [0.4, 0.5) is 5.13 Å². The average molecular weight is 505 g/mol. The van der Waals surface area contributed by atoms with E-state index in [1.807, 2.05) is 35.7 Å². The fourth-order valence-electron chi connectivity index (χ4n) is 4.74. The number of thiazole rings is 1. The Hall–Kier alpha value is -3.07. The van der Waals surface area contributed by atoms with Crippen LogP contribution in [0.1, 0.15) is 25.8 Å². The van der Waals surface area contributed by atoms with Crippen molar-refractivity contribution < 1.29 is 8.42 Å². The third-order valence-corrected chi connectivity index (χ3v) is 8.87. The number of hydrazone groups is 1. The molecule has 4 aromatic rings. The van der Waals surface area contributed by atoms with Crippen LogP contribution in [-0.2, 0) is 10.0 Å². The Labute approximate surface area is 210 Å². The minimum atomic E-state index is -3.54. The summed E-state index contributed by atoms with van der Waals surface area (Å²) in [7, 11) is -3.54. The van der Waals surface area contributed by atoms with Crippen molar-refractivity contribution in [2.75, 3.05) is 18.5 Å². The largest absolute Gasteiger partial charge is 0.253 e. The molecule has 0 spiro atoms. The lowest BCUT2D eigenvalue weighted by molar-refractivity contribution is 0.222. The Morgan fingerprint density at radius 3 is 2.60 bits per heavy atom. The van der Waals surface area contributed by atoms with Crippen molar-refractivity contribution in [2.45, 2.75) is 25.2 Å². The van der Waals surface area contributed by atoms with Crippen LogP contribution in [0.25, 0.3) is 22.0 Å². The van der Waals surface area contributed by atoms with E-state index in [2.05, 4.69) is 47.6 Å². The molecule has 1 fully saturated rings. The van der Waals surface area contributed by atoms with Crippen molar-refractivity contribution in [1.29, 1.82) is 0 Å². The Morgan fingerprint density at radius 2 is 1.77 bits per heavy atom. The summed E-state index contributed by atoms with van der Waals surface area (Å²) in [5.74, 6) is 0.719. The highest BCUT2D eigenvalue weighted by Gasteiger charge is 2.31. The zero-order valence-corrected chi connectivity index (χ0v) is 21.4. The van der Waals surface area contributed by atoms with Gasteiger partial charge in [0.2, 0.25) is 15.2 Å². The van der Waals surface area contributed by atoms with Gasteiger partial charge in [0.15, 0.2) is 0 Å². The Kier molecular flexibility index (Phi) is 6.69. The van der Waals surface area contributed by atoms with Gasteiger partial charge in [0, 0.05) is 29.6 Å². The summed E-state index contributed by atoms with van der Waals surface area (Å²) in [6.45, 7) is 5.36. The van der Waals surface area contributed by atoms with Crippen molar-refractivity contribution in [1.82, 2.24) is 9.29 Å². The first-order valence-corrected chi connectivity index (χ1v) is 14.0. The molecule has 6 nitrogen and oxygen atoms in total. The number of nitrogens with zero attached hydrogens (tertiary/aromatic N) is 3. The summed E-state index contributed by atoms with van der Waals surface area (Å²) in [6.07, 6.45) is 2.85. The second kappa shape index (κ2) is 9.89. The van der Waals surface area contributed by atoms with E-state index in [-0.39, 0.29) is 0 Å². The molecule has 1 aliphatic rings. The standard InChI is InChI=1S/C27H28N4O2S2/c1-19-13-20(2)17-31(16-19)35(32,33)24-11-6-9-22(14-24)26-18-34-27(29-26)30-28-15-23-10-5-8-21-7-3-4-12-25(21)23/h3-12,14-15,18-20H,13,16-17H2,1-2H3,(H,29,30)/b28-15+. The second-order valence-corrected chi connectivity index (χ2v) is 12.1. The molecule has 0 saturated carbocycles. The van der Waals surface area contributed by atoms with Gasteiger partial charge in [-0.2, -0.15) is 9.41 Å². The lowest BCUT2D eigenvalue weighted by atomic mass is 9.94. The molecule has 2 atom stereocenters. The highest BCUT2D eigenvalue weighted by Crippen LogP contribution is 2.30. The molecular weight excluding hydrogens is 476 g/mol. The summed E-state index contributed by atoms with van der Waals surface area (Å²) in [6, 6.07) is 21.4. The molecule has 1 N–H and O–H groups in total. The summed E-state index contributed by atoms with van der Waals surface area (Å²) >= 11 is 1.43. The van der Waals surface area contributed by atoms with Gasteiger partial charge < -0.3 is 0 Å². The number of hydrogen-bond donors (Lipinski definition) is 1. The third kappa shape index (κ3) is 5.15. The molecule has 1 saturated heterocycles. The van der Waals surface area contributed by atoms with Crippen LogP contribution in [0.3, 0.4) is 0 Å². The fraction of sp³-hybridized carbons (Fsp3) is 0.259. The number of anilines is 1. The van der Waals surface area contributed by atoms with Crippen molar-refractivity contribution in [3.8, 4) is 11.3 Å². The molecule has 180 valence electrons. The van der Waals surface area contributed by atoms with E-state index in [0.717, 1.165) is 34.0 Å². The molecule has 1 aliphatic heterocycles. The SMILES string of the molecule is CC1CC(C)CN(S(=O)(=O)c2cccc(-c3csc(N/N=C/c4cccc5ccccc45)n3)c2)C1. The molecule has 1 aromatic heterocycles. The Balaban J connectivity index is 1.33. The topological polar surface area (TPSA) is 74.7 Å². The van der Waals surface area contributed by atoms with Crippen molar-refractivity contribution in [3.63, 3.8) is 0 Å². The molecule has 2 heterocycles. The highest BCUT2D eigenvalue weighted by molar-refractivity contribution is 7.89. The summed E-state index contributed by atoms with van der Waals surface area (Å²) in [5.41, 5.74) is 5.51. The lowest BCUT2D eigenvalue weighted by Crippen LogP contribution is -2.42. The van der Waals surface area contributed by atoms with Crippen molar-refractivity contribution in [3.05, 3.63) is 77.7 Å². The van der Waals surface area contributed by atoms with Gasteiger partial charge in [0.1, 0.15) is 0 Å². The highest BCUT2D eigenvalue weighted by atomic mass is 32.2. The van der Waals surface area contributed by atoms with Gasteiger partial charge in [-0.15, -0.1) is 11.3 Å². The number of rotatable bonds is 6. The van der Waals surface area contributed by atoms with Crippen LogP contribution in [0, 0.1) is 11.8 Å². The monoisotopic (exact) mass is 504 g/mol. The molecule has 0 bridgehead atoms. The fourth-order valence-corrected chi connectivity index (χ4v) is 7.14. The molecule has 2 unspecified atom stereocenters. The van der Waals surface area contributed by atoms with E-state index in [1.165, 1.54) is 11.3 Å². The number of aromatic nitrogens is 1. The third-order valence-electron chi connectivity index (χ3n) is 6.29. The van der Waals surface area contributed by atoms with Gasteiger partial charge >= 0.3 is 0 Å². The Morgan fingerprint density at radius 1 is 1.03 bits per heavy atom. The van der Waals surface area contributed by atoms with E-state index >= 15 is 0 Å². The van der Waals surface area contributed by atoms with Crippen LogP contribution >= 0.6 is 11.3 Å². The van der Waals surface area contributed by atoms with Crippen LogP contribution in [0.2, 0.25) is 0 Å². The molecular formula is C27H28N4O2S2. The molecule has 35 heavy (non-hydrogen) atoms. The Bertz CT molecular complexity index is 1460. The van der Waals surface area contributed by atoms with Gasteiger partial charge in [-0.25, -0.2) is 13.4 Å². The van der Waals surface area contributed by atoms with Gasteiger partial charge in [-0.05, 0) is 41.2 Å². The van der Waals surface area contributed by atoms with Crippen LogP contribution < -0.4 is 5.43 Å². The quantitative estimate of drug-likeness (QED) is 0.255. The second-order valence-electron chi connectivity index (χ2n) is 9.27. The van der Waals surface area contributed by atoms with Gasteiger partial charge in [-0.1, -0.05) is 68.4 Å². The van der Waals surface area contributed by atoms with E-state index < -0.39 is 10.0 Å². The predicted octanol–water partition coefficient (Wildman–Crippen LogP) is 6.08. The zero-order valence-electron chi connectivity index (χ0n) is 19.8. The predicted molar refractivity (Wildman–Crippen MR) is 144 cm³/mol. The maximum Gasteiger partial charge on any atom is 0.243 e. The normalized spacial score (nSPS) is 19.4. The summed E-state index contributed by atoms with van der Waals surface area (Å²) in [4.78, 5) is 4.93. The number of hydrogen-bond acceptors (Lipinski definition) is 6. The minimum Gasteiger partial charge on any atom is -0.253 e. The zero-order chi connectivity index (χ0) is 24.4. The minimum absolute atomic E-state index is 0.313. The first kappa shape index (κ1) is 23.7. The summed E-state index contributed by atoms with van der Waals surface area (Å²) in [5, 5.41) is 9.22. The van der Waals surface area contributed by atoms with E-state index in [1.54, 1.807) is 28.7 Å². The number of benzene rings is 3. The number of sulfonamides is 1. The maximum atomic E-state index is 13.3. The summed E-state index contributed by atoms with van der Waals surface area (Å²) < 4.78 is 28.3. The van der Waals surface area contributed by atoms with Crippen molar-refractivity contribution in [2.24, 2.45) is 16.9 Å². The van der Waals surface area contributed by atoms with E-state index in [0.29, 0.717) is 35.0 Å². The van der Waals surface area contributed by atoms with E-state index in [4.69, 9.17) is 0 Å². The van der Waals surface area contributed by atoms with Gasteiger partial charge in [0.25, 0.3) is 0 Å². The van der Waals surface area contributed by atoms with Gasteiger partial charge in [0.05, 0.1) is 16.8 Å². The van der Waals surface area contributed by atoms with Gasteiger partial charge in [-0.3, -0.25) is 5.43 Å². The molecule has 5 rings (SSSR count). The molecule has 3 aromatic carbocycles. The van der Waals surface area contributed by atoms with E-state index in [9.17, 15) is 8.42 Å². The first-order valence-electron chi connectivity index (χ1n) is 11.7. The maximum absolute atomic E-state index is 13.3. The van der Waals surface area contributed by atoms with Crippen LogP contribution in [0.15, 0.2) is 82.1 Å². The smallest absolute Gasteiger partial charge is 0.243 e. The first-order chi connectivity index (χ1) is 16.9. The molecule has 8 heteroatoms. The van der Waals surface area contributed by atoms with Crippen LogP contribution in [-0.4, -0.2) is 37.0 Å². The molecule has 0 amide bonds. The average Bonchev–Trinajstić information content (AvgIpc) is 3.33. The lowest BCUT2D eigenvalue weighted by Gasteiger charge is -2.34. The van der Waals surface area contributed by atoms with Crippen LogP contribution in [0.5, 0.6) is 0 Å². The molecule has 0 radical (unpaired) electrons.